The minimum absolute atomic E-state index is 0.0755. The van der Waals surface area contributed by atoms with Crippen molar-refractivity contribution in [3.63, 3.8) is 0 Å². The number of rotatable bonds is 3. The molecular formula is C13H20N2O2S. The van der Waals surface area contributed by atoms with E-state index in [0.717, 1.165) is 12.0 Å². The van der Waals surface area contributed by atoms with Crippen molar-refractivity contribution in [2.24, 2.45) is 11.7 Å². The van der Waals surface area contributed by atoms with Gasteiger partial charge in [-0.25, -0.2) is 8.42 Å². The van der Waals surface area contributed by atoms with E-state index in [4.69, 9.17) is 5.73 Å². The van der Waals surface area contributed by atoms with Crippen molar-refractivity contribution in [1.29, 1.82) is 0 Å². The molecule has 0 radical (unpaired) electrons. The number of hydrogen-bond donors (Lipinski definition) is 1. The summed E-state index contributed by atoms with van der Waals surface area (Å²) in [6.45, 7) is 5.02. The standard InChI is InChI=1S/C13H20N2O2S/c1-10-6-11(2)15(9-10)18(16,17)13-5-3-4-12(7-13)8-14/h3-5,7,10-11H,6,8-9,14H2,1-2H3. The topological polar surface area (TPSA) is 63.4 Å². The highest BCUT2D eigenvalue weighted by Gasteiger charge is 2.35. The second kappa shape index (κ2) is 4.99. The number of hydrogen-bond acceptors (Lipinski definition) is 3. The molecular weight excluding hydrogens is 248 g/mol. The average Bonchev–Trinajstić information content (AvgIpc) is 2.69. The second-order valence-electron chi connectivity index (χ2n) is 5.12. The normalized spacial score (nSPS) is 25.5. The van der Waals surface area contributed by atoms with Gasteiger partial charge in [-0.1, -0.05) is 19.1 Å². The van der Waals surface area contributed by atoms with E-state index in [2.05, 4.69) is 6.92 Å². The number of nitrogens with zero attached hydrogens (tertiary/aromatic N) is 1. The average molecular weight is 268 g/mol. The SMILES string of the molecule is CC1CC(C)N(S(=O)(=O)c2cccc(CN)c2)C1. The van der Waals surface area contributed by atoms with Gasteiger partial charge in [0.05, 0.1) is 4.90 Å². The van der Waals surface area contributed by atoms with Crippen LogP contribution in [0.3, 0.4) is 0 Å². The van der Waals surface area contributed by atoms with Gasteiger partial charge in [-0.2, -0.15) is 4.31 Å². The highest BCUT2D eigenvalue weighted by molar-refractivity contribution is 7.89. The van der Waals surface area contributed by atoms with Crippen molar-refractivity contribution >= 4 is 10.0 Å². The van der Waals surface area contributed by atoms with E-state index in [9.17, 15) is 8.42 Å². The minimum atomic E-state index is -3.38. The summed E-state index contributed by atoms with van der Waals surface area (Å²) in [5.74, 6) is 0.424. The van der Waals surface area contributed by atoms with E-state index in [0.29, 0.717) is 23.9 Å². The maximum atomic E-state index is 12.5. The molecule has 2 unspecified atom stereocenters. The Bertz CT molecular complexity index is 528. The zero-order chi connectivity index (χ0) is 13.3. The molecule has 1 aromatic carbocycles. The van der Waals surface area contributed by atoms with E-state index >= 15 is 0 Å². The molecule has 0 amide bonds. The summed E-state index contributed by atoms with van der Waals surface area (Å²) in [6, 6.07) is 6.98. The zero-order valence-corrected chi connectivity index (χ0v) is 11.7. The summed E-state index contributed by atoms with van der Waals surface area (Å²) in [4.78, 5) is 0.353. The van der Waals surface area contributed by atoms with Gasteiger partial charge in [0, 0.05) is 19.1 Å². The van der Waals surface area contributed by atoms with Crippen LogP contribution in [-0.4, -0.2) is 25.3 Å². The van der Waals surface area contributed by atoms with Crippen LogP contribution < -0.4 is 5.73 Å². The van der Waals surface area contributed by atoms with Crippen molar-refractivity contribution < 1.29 is 8.42 Å². The molecule has 0 aliphatic carbocycles. The first-order valence-electron chi connectivity index (χ1n) is 6.26. The van der Waals surface area contributed by atoms with Crippen molar-refractivity contribution in [1.82, 2.24) is 4.31 Å². The van der Waals surface area contributed by atoms with Crippen molar-refractivity contribution in [2.75, 3.05) is 6.54 Å². The monoisotopic (exact) mass is 268 g/mol. The molecule has 4 nitrogen and oxygen atoms in total. The highest BCUT2D eigenvalue weighted by atomic mass is 32.2. The molecule has 2 N–H and O–H groups in total. The maximum absolute atomic E-state index is 12.5. The number of sulfonamides is 1. The van der Waals surface area contributed by atoms with Crippen LogP contribution in [0.4, 0.5) is 0 Å². The van der Waals surface area contributed by atoms with Gasteiger partial charge in [-0.3, -0.25) is 0 Å². The third kappa shape index (κ3) is 2.43. The Kier molecular flexibility index (Phi) is 3.75. The van der Waals surface area contributed by atoms with Gasteiger partial charge in [0.2, 0.25) is 10.0 Å². The molecule has 1 aliphatic rings. The molecule has 1 heterocycles. The lowest BCUT2D eigenvalue weighted by molar-refractivity contribution is 0.405. The first-order chi connectivity index (χ1) is 8.45. The fourth-order valence-corrected chi connectivity index (χ4v) is 4.40. The van der Waals surface area contributed by atoms with Crippen LogP contribution in [0.5, 0.6) is 0 Å². The molecule has 0 bridgehead atoms. The maximum Gasteiger partial charge on any atom is 0.243 e. The van der Waals surface area contributed by atoms with Crippen LogP contribution in [0, 0.1) is 5.92 Å². The first-order valence-corrected chi connectivity index (χ1v) is 7.70. The molecule has 1 saturated heterocycles. The van der Waals surface area contributed by atoms with Crippen LogP contribution in [0.15, 0.2) is 29.2 Å². The minimum Gasteiger partial charge on any atom is -0.326 e. The number of nitrogens with two attached hydrogens (primary N) is 1. The van der Waals surface area contributed by atoms with Gasteiger partial charge in [0.25, 0.3) is 0 Å². The van der Waals surface area contributed by atoms with E-state index in [1.807, 2.05) is 13.0 Å². The fraction of sp³-hybridized carbons (Fsp3) is 0.538. The first kappa shape index (κ1) is 13.5. The lowest BCUT2D eigenvalue weighted by Gasteiger charge is -2.21. The highest BCUT2D eigenvalue weighted by Crippen LogP contribution is 2.29. The predicted octanol–water partition coefficient (Wildman–Crippen LogP) is 1.56. The molecule has 0 aromatic heterocycles. The van der Waals surface area contributed by atoms with E-state index < -0.39 is 10.0 Å². The van der Waals surface area contributed by atoms with Gasteiger partial charge in [-0.15, -0.1) is 0 Å². The third-order valence-electron chi connectivity index (χ3n) is 3.47. The van der Waals surface area contributed by atoms with Gasteiger partial charge in [0.15, 0.2) is 0 Å². The molecule has 2 rings (SSSR count). The molecule has 0 saturated carbocycles. The van der Waals surface area contributed by atoms with E-state index in [1.165, 1.54) is 0 Å². The van der Waals surface area contributed by atoms with Crippen LogP contribution in [-0.2, 0) is 16.6 Å². The molecule has 5 heteroatoms. The van der Waals surface area contributed by atoms with Gasteiger partial charge < -0.3 is 5.73 Å². The Hall–Kier alpha value is -0.910. The summed E-state index contributed by atoms with van der Waals surface area (Å²) >= 11 is 0. The summed E-state index contributed by atoms with van der Waals surface area (Å²) in [6.07, 6.45) is 0.926. The summed E-state index contributed by atoms with van der Waals surface area (Å²) in [7, 11) is -3.38. The summed E-state index contributed by atoms with van der Waals surface area (Å²) in [5, 5.41) is 0. The second-order valence-corrected chi connectivity index (χ2v) is 7.01. The molecule has 100 valence electrons. The number of benzene rings is 1. The Labute approximate surface area is 109 Å². The molecule has 1 aliphatic heterocycles. The molecule has 1 aromatic rings. The van der Waals surface area contributed by atoms with Crippen LogP contribution in [0.2, 0.25) is 0 Å². The van der Waals surface area contributed by atoms with Crippen molar-refractivity contribution in [3.8, 4) is 0 Å². The van der Waals surface area contributed by atoms with Crippen LogP contribution >= 0.6 is 0 Å². The third-order valence-corrected chi connectivity index (χ3v) is 5.44. The Balaban J connectivity index is 2.36. The summed E-state index contributed by atoms with van der Waals surface area (Å²) in [5.41, 5.74) is 6.40. The van der Waals surface area contributed by atoms with Gasteiger partial charge in [0.1, 0.15) is 0 Å². The molecule has 1 fully saturated rings. The quantitative estimate of drug-likeness (QED) is 0.905. The van der Waals surface area contributed by atoms with Crippen LogP contribution in [0.25, 0.3) is 0 Å². The van der Waals surface area contributed by atoms with Crippen molar-refractivity contribution in [3.05, 3.63) is 29.8 Å². The van der Waals surface area contributed by atoms with E-state index in [-0.39, 0.29) is 6.04 Å². The van der Waals surface area contributed by atoms with Crippen molar-refractivity contribution in [2.45, 2.75) is 37.8 Å². The van der Waals surface area contributed by atoms with E-state index in [1.54, 1.807) is 22.5 Å². The lowest BCUT2D eigenvalue weighted by Crippen LogP contribution is -2.34. The fourth-order valence-electron chi connectivity index (χ4n) is 2.56. The smallest absolute Gasteiger partial charge is 0.243 e. The van der Waals surface area contributed by atoms with Gasteiger partial charge in [-0.05, 0) is 37.0 Å². The van der Waals surface area contributed by atoms with Gasteiger partial charge >= 0.3 is 0 Å². The molecule has 2 atom stereocenters. The Morgan fingerprint density at radius 3 is 2.67 bits per heavy atom. The Morgan fingerprint density at radius 1 is 1.39 bits per heavy atom. The largest absolute Gasteiger partial charge is 0.326 e. The summed E-state index contributed by atoms with van der Waals surface area (Å²) < 4.78 is 26.7. The predicted molar refractivity (Wildman–Crippen MR) is 71.5 cm³/mol. The molecule has 0 spiro atoms. The lowest BCUT2D eigenvalue weighted by atomic mass is 10.1. The Morgan fingerprint density at radius 2 is 2.11 bits per heavy atom. The molecule has 18 heavy (non-hydrogen) atoms. The van der Waals surface area contributed by atoms with Crippen LogP contribution in [0.1, 0.15) is 25.8 Å². The zero-order valence-electron chi connectivity index (χ0n) is 10.8.